The topological polar surface area (TPSA) is 89.3 Å². The van der Waals surface area contributed by atoms with E-state index < -0.39 is 17.3 Å². The number of anilines is 1. The summed E-state index contributed by atoms with van der Waals surface area (Å²) >= 11 is 0. The summed E-state index contributed by atoms with van der Waals surface area (Å²) in [5.41, 5.74) is -0.933. The number of ether oxygens (including phenoxy) is 1. The summed E-state index contributed by atoms with van der Waals surface area (Å²) in [4.78, 5) is 21.8. The minimum atomic E-state index is -4.44. The Kier molecular flexibility index (Phi) is 5.44. The molecule has 2 aromatic heterocycles. The number of pyridine rings is 1. The SMILES string of the molecule is CCn1cnc2c(-c3ccc(C(F)(F)F)cc3)cnc(NCC3(O)CCOC3)c2c1=O. The molecule has 3 aromatic rings. The Hall–Kier alpha value is -2.98. The fraction of sp³-hybridized carbons (Fsp3) is 0.381. The second-order valence-corrected chi connectivity index (χ2v) is 7.54. The molecule has 1 saturated heterocycles. The molecule has 0 radical (unpaired) electrons. The number of aryl methyl sites for hydroxylation is 1. The summed E-state index contributed by atoms with van der Waals surface area (Å²) in [7, 11) is 0. The van der Waals surface area contributed by atoms with E-state index in [0.717, 1.165) is 12.1 Å². The Balaban J connectivity index is 1.79. The molecular formula is C21H21F3N4O3. The molecule has 4 rings (SSSR count). The fourth-order valence-electron chi connectivity index (χ4n) is 3.56. The number of hydrogen-bond donors (Lipinski definition) is 2. The van der Waals surface area contributed by atoms with Gasteiger partial charge in [-0.2, -0.15) is 13.2 Å². The minimum absolute atomic E-state index is 0.134. The quantitative estimate of drug-likeness (QED) is 0.642. The molecule has 0 aliphatic carbocycles. The number of fused-ring (bicyclic) bond motifs is 1. The number of halogens is 3. The van der Waals surface area contributed by atoms with Crippen LogP contribution in [-0.4, -0.2) is 45.0 Å². The Bertz CT molecular complexity index is 1150. The highest BCUT2D eigenvalue weighted by Crippen LogP contribution is 2.33. The highest BCUT2D eigenvalue weighted by Gasteiger charge is 2.33. The van der Waals surface area contributed by atoms with Gasteiger partial charge in [-0.25, -0.2) is 9.97 Å². The summed E-state index contributed by atoms with van der Waals surface area (Å²) in [5.74, 6) is 0.256. The molecule has 1 fully saturated rings. The van der Waals surface area contributed by atoms with Crippen molar-refractivity contribution in [3.63, 3.8) is 0 Å². The largest absolute Gasteiger partial charge is 0.416 e. The molecule has 0 bridgehead atoms. The van der Waals surface area contributed by atoms with Crippen LogP contribution in [0, 0.1) is 0 Å². The molecule has 0 amide bonds. The summed E-state index contributed by atoms with van der Waals surface area (Å²) in [6.45, 7) is 2.95. The molecule has 1 aliphatic rings. The fourth-order valence-corrected chi connectivity index (χ4v) is 3.56. The van der Waals surface area contributed by atoms with Crippen LogP contribution in [0.2, 0.25) is 0 Å². The average Bonchev–Trinajstić information content (AvgIpc) is 3.18. The lowest BCUT2D eigenvalue weighted by atomic mass is 10.0. The molecule has 1 aliphatic heterocycles. The Morgan fingerprint density at radius 3 is 2.61 bits per heavy atom. The number of rotatable bonds is 5. The first-order valence-corrected chi connectivity index (χ1v) is 9.82. The van der Waals surface area contributed by atoms with Gasteiger partial charge in [-0.1, -0.05) is 12.1 Å². The van der Waals surface area contributed by atoms with Crippen molar-refractivity contribution in [2.75, 3.05) is 25.1 Å². The smallest absolute Gasteiger partial charge is 0.386 e. The molecule has 1 unspecified atom stereocenters. The third-order valence-corrected chi connectivity index (χ3v) is 5.38. The van der Waals surface area contributed by atoms with E-state index in [2.05, 4.69) is 15.3 Å². The van der Waals surface area contributed by atoms with Crippen molar-refractivity contribution >= 4 is 16.7 Å². The van der Waals surface area contributed by atoms with E-state index in [9.17, 15) is 23.1 Å². The van der Waals surface area contributed by atoms with Gasteiger partial charge in [0.1, 0.15) is 16.8 Å². The van der Waals surface area contributed by atoms with Crippen molar-refractivity contribution < 1.29 is 23.0 Å². The Labute approximate surface area is 175 Å². The van der Waals surface area contributed by atoms with Crippen LogP contribution in [0.25, 0.3) is 22.0 Å². The number of benzene rings is 1. The standard InChI is InChI=1S/C21H21F3N4O3/c1-2-28-12-27-17-15(13-3-5-14(6-4-13)21(22,23)24)9-25-18(16(17)19(28)29)26-10-20(30)7-8-31-11-20/h3-6,9,12,30H,2,7-8,10-11H2,1H3,(H,25,26). The lowest BCUT2D eigenvalue weighted by molar-refractivity contribution is -0.137. The third kappa shape index (κ3) is 4.13. The first-order valence-electron chi connectivity index (χ1n) is 9.82. The molecule has 31 heavy (non-hydrogen) atoms. The van der Waals surface area contributed by atoms with Crippen LogP contribution in [0.4, 0.5) is 19.0 Å². The molecule has 1 atom stereocenters. The monoisotopic (exact) mass is 434 g/mol. The lowest BCUT2D eigenvalue weighted by Crippen LogP contribution is -2.37. The van der Waals surface area contributed by atoms with Gasteiger partial charge < -0.3 is 15.2 Å². The lowest BCUT2D eigenvalue weighted by Gasteiger charge is -2.21. The third-order valence-electron chi connectivity index (χ3n) is 5.38. The number of nitrogens with one attached hydrogen (secondary N) is 1. The number of aliphatic hydroxyl groups is 1. The van der Waals surface area contributed by atoms with E-state index in [-0.39, 0.29) is 29.9 Å². The van der Waals surface area contributed by atoms with Crippen molar-refractivity contribution in [1.29, 1.82) is 0 Å². The van der Waals surface area contributed by atoms with Crippen LogP contribution < -0.4 is 10.9 Å². The van der Waals surface area contributed by atoms with Gasteiger partial charge in [-0.3, -0.25) is 9.36 Å². The summed E-state index contributed by atoms with van der Waals surface area (Å²) in [5, 5.41) is 13.8. The van der Waals surface area contributed by atoms with Gasteiger partial charge in [0, 0.05) is 37.9 Å². The van der Waals surface area contributed by atoms with E-state index in [0.29, 0.717) is 36.2 Å². The molecule has 0 saturated carbocycles. The van der Waals surface area contributed by atoms with Gasteiger partial charge in [0.2, 0.25) is 0 Å². The highest BCUT2D eigenvalue weighted by molar-refractivity contribution is 5.98. The molecule has 10 heteroatoms. The van der Waals surface area contributed by atoms with Crippen LogP contribution in [0.5, 0.6) is 0 Å². The number of alkyl halides is 3. The van der Waals surface area contributed by atoms with E-state index in [4.69, 9.17) is 4.74 Å². The van der Waals surface area contributed by atoms with Crippen LogP contribution in [0.1, 0.15) is 18.9 Å². The summed E-state index contributed by atoms with van der Waals surface area (Å²) in [6, 6.07) is 4.63. The molecule has 1 aromatic carbocycles. The van der Waals surface area contributed by atoms with E-state index in [1.807, 2.05) is 0 Å². The van der Waals surface area contributed by atoms with Gasteiger partial charge in [-0.05, 0) is 24.6 Å². The first-order chi connectivity index (χ1) is 14.7. The Morgan fingerprint density at radius 1 is 1.26 bits per heavy atom. The van der Waals surface area contributed by atoms with Gasteiger partial charge in [-0.15, -0.1) is 0 Å². The second-order valence-electron chi connectivity index (χ2n) is 7.54. The molecule has 3 heterocycles. The second kappa shape index (κ2) is 7.93. The van der Waals surface area contributed by atoms with Gasteiger partial charge in [0.05, 0.1) is 24.0 Å². The molecule has 2 N–H and O–H groups in total. The number of hydrogen-bond acceptors (Lipinski definition) is 6. The van der Waals surface area contributed by atoms with Crippen molar-refractivity contribution in [2.45, 2.75) is 31.7 Å². The normalized spacial score (nSPS) is 19.1. The molecule has 7 nitrogen and oxygen atoms in total. The van der Waals surface area contributed by atoms with Crippen LogP contribution in [0.3, 0.4) is 0 Å². The summed E-state index contributed by atoms with van der Waals surface area (Å²) < 4.78 is 45.4. The van der Waals surface area contributed by atoms with Crippen molar-refractivity contribution in [3.05, 3.63) is 52.7 Å². The maximum atomic E-state index is 13.0. The number of aromatic nitrogens is 3. The maximum Gasteiger partial charge on any atom is 0.416 e. The minimum Gasteiger partial charge on any atom is -0.386 e. The van der Waals surface area contributed by atoms with Crippen LogP contribution in [0.15, 0.2) is 41.6 Å². The predicted octanol–water partition coefficient (Wildman–Crippen LogP) is 3.06. The molecule has 164 valence electrons. The van der Waals surface area contributed by atoms with E-state index in [1.54, 1.807) is 6.92 Å². The average molecular weight is 434 g/mol. The van der Waals surface area contributed by atoms with Crippen LogP contribution >= 0.6 is 0 Å². The first kappa shape index (κ1) is 21.3. The molecule has 0 spiro atoms. The Morgan fingerprint density at radius 2 is 2.00 bits per heavy atom. The highest BCUT2D eigenvalue weighted by atomic mass is 19.4. The van der Waals surface area contributed by atoms with E-state index >= 15 is 0 Å². The van der Waals surface area contributed by atoms with Gasteiger partial charge in [0.15, 0.2) is 0 Å². The van der Waals surface area contributed by atoms with Gasteiger partial charge in [0.25, 0.3) is 5.56 Å². The van der Waals surface area contributed by atoms with Crippen LogP contribution in [-0.2, 0) is 17.5 Å². The number of nitrogens with zero attached hydrogens (tertiary/aromatic N) is 3. The zero-order chi connectivity index (χ0) is 22.2. The van der Waals surface area contributed by atoms with Crippen molar-refractivity contribution in [2.24, 2.45) is 0 Å². The predicted molar refractivity (Wildman–Crippen MR) is 109 cm³/mol. The van der Waals surface area contributed by atoms with E-state index in [1.165, 1.54) is 29.2 Å². The molecular weight excluding hydrogens is 413 g/mol. The zero-order valence-electron chi connectivity index (χ0n) is 16.7. The van der Waals surface area contributed by atoms with Crippen molar-refractivity contribution in [1.82, 2.24) is 14.5 Å². The summed E-state index contributed by atoms with van der Waals surface area (Å²) in [6.07, 6.45) is -1.12. The maximum absolute atomic E-state index is 13.0. The van der Waals surface area contributed by atoms with Crippen molar-refractivity contribution in [3.8, 4) is 11.1 Å². The zero-order valence-corrected chi connectivity index (χ0v) is 16.7. The van der Waals surface area contributed by atoms with Gasteiger partial charge >= 0.3 is 6.18 Å².